The van der Waals surface area contributed by atoms with E-state index in [1.54, 1.807) is 18.2 Å². The van der Waals surface area contributed by atoms with Crippen LogP contribution in [0.1, 0.15) is 23.7 Å². The molecule has 1 aromatic carbocycles. The Kier molecular flexibility index (Phi) is 5.45. The molecule has 0 saturated carbocycles. The van der Waals surface area contributed by atoms with Crippen molar-refractivity contribution in [2.24, 2.45) is 10.8 Å². The number of benzene rings is 1. The van der Waals surface area contributed by atoms with Gasteiger partial charge in [0, 0.05) is 18.0 Å². The summed E-state index contributed by atoms with van der Waals surface area (Å²) in [6.45, 7) is 0.542. The van der Waals surface area contributed by atoms with Crippen molar-refractivity contribution in [2.75, 3.05) is 6.54 Å². The zero-order valence-corrected chi connectivity index (χ0v) is 9.40. The molecule has 0 bridgehead atoms. The lowest BCUT2D eigenvalue weighted by Gasteiger charge is -2.17. The minimum absolute atomic E-state index is 0.158. The summed E-state index contributed by atoms with van der Waals surface area (Å²) in [6.07, 6.45) is -1.72. The third-order valence-electron chi connectivity index (χ3n) is 2.48. The number of nitrogens with two attached hydrogens (primary N) is 1. The van der Waals surface area contributed by atoms with Crippen LogP contribution < -0.4 is 5.73 Å². The maximum Gasteiger partial charge on any atom is 0.105 e. The molecule has 0 saturated heterocycles. The van der Waals surface area contributed by atoms with E-state index in [-0.39, 0.29) is 13.0 Å². The molecule has 0 heterocycles. The largest absolute Gasteiger partial charge is 0.390 e. The standard InChI is InChI=1S/C11H16N4O2/c12-7-8-2-1-3-9(6-8)11(17)10(16)4-5-14-15-13/h1-3,6,10-11,16-17H,4-5,7,12H2. The van der Waals surface area contributed by atoms with E-state index in [9.17, 15) is 10.2 Å². The summed E-state index contributed by atoms with van der Waals surface area (Å²) in [5.41, 5.74) is 15.1. The smallest absolute Gasteiger partial charge is 0.105 e. The summed E-state index contributed by atoms with van der Waals surface area (Å²) in [6, 6.07) is 7.10. The highest BCUT2D eigenvalue weighted by Crippen LogP contribution is 2.20. The minimum atomic E-state index is -0.990. The zero-order valence-electron chi connectivity index (χ0n) is 9.40. The molecule has 92 valence electrons. The van der Waals surface area contributed by atoms with Gasteiger partial charge in [-0.15, -0.1) is 0 Å². The molecule has 6 heteroatoms. The van der Waals surface area contributed by atoms with Gasteiger partial charge < -0.3 is 15.9 Å². The van der Waals surface area contributed by atoms with Crippen molar-refractivity contribution in [1.29, 1.82) is 0 Å². The van der Waals surface area contributed by atoms with E-state index in [1.807, 2.05) is 6.07 Å². The Morgan fingerprint density at radius 2 is 2.18 bits per heavy atom. The van der Waals surface area contributed by atoms with Crippen LogP contribution in [0.15, 0.2) is 29.4 Å². The van der Waals surface area contributed by atoms with E-state index in [0.717, 1.165) is 5.56 Å². The van der Waals surface area contributed by atoms with Crippen molar-refractivity contribution in [3.05, 3.63) is 45.8 Å². The van der Waals surface area contributed by atoms with E-state index < -0.39 is 12.2 Å². The van der Waals surface area contributed by atoms with Gasteiger partial charge in [0.25, 0.3) is 0 Å². The van der Waals surface area contributed by atoms with Gasteiger partial charge in [-0.2, -0.15) is 0 Å². The lowest BCUT2D eigenvalue weighted by Crippen LogP contribution is -2.19. The van der Waals surface area contributed by atoms with Gasteiger partial charge in [-0.05, 0) is 23.1 Å². The Bertz CT molecular complexity index is 404. The highest BCUT2D eigenvalue weighted by molar-refractivity contribution is 5.25. The summed E-state index contributed by atoms with van der Waals surface area (Å²) >= 11 is 0. The molecule has 6 nitrogen and oxygen atoms in total. The van der Waals surface area contributed by atoms with E-state index in [0.29, 0.717) is 12.1 Å². The van der Waals surface area contributed by atoms with Gasteiger partial charge in [0.2, 0.25) is 0 Å². The second-order valence-electron chi connectivity index (χ2n) is 3.70. The Labute approximate surface area is 99.3 Å². The van der Waals surface area contributed by atoms with Crippen molar-refractivity contribution in [1.82, 2.24) is 0 Å². The molecule has 4 N–H and O–H groups in total. The molecule has 0 aliphatic rings. The van der Waals surface area contributed by atoms with Crippen molar-refractivity contribution >= 4 is 0 Å². The summed E-state index contributed by atoms with van der Waals surface area (Å²) in [4.78, 5) is 2.58. The molecule has 2 atom stereocenters. The molecule has 1 rings (SSSR count). The molecule has 17 heavy (non-hydrogen) atoms. The van der Waals surface area contributed by atoms with Crippen molar-refractivity contribution < 1.29 is 10.2 Å². The van der Waals surface area contributed by atoms with E-state index in [4.69, 9.17) is 11.3 Å². The average Bonchev–Trinajstić information content (AvgIpc) is 2.38. The molecule has 0 aliphatic heterocycles. The van der Waals surface area contributed by atoms with Crippen LogP contribution in [0.4, 0.5) is 0 Å². The fourth-order valence-electron chi connectivity index (χ4n) is 1.52. The lowest BCUT2D eigenvalue weighted by atomic mass is 10.0. The first-order valence-electron chi connectivity index (χ1n) is 5.35. The van der Waals surface area contributed by atoms with E-state index in [1.165, 1.54) is 0 Å². The number of nitrogens with zero attached hydrogens (tertiary/aromatic N) is 3. The quantitative estimate of drug-likeness (QED) is 0.392. The lowest BCUT2D eigenvalue weighted by molar-refractivity contribution is 0.0150. The van der Waals surface area contributed by atoms with Gasteiger partial charge in [0.05, 0.1) is 6.10 Å². The fraction of sp³-hybridized carbons (Fsp3) is 0.455. The number of hydrogen-bond donors (Lipinski definition) is 3. The van der Waals surface area contributed by atoms with Crippen LogP contribution in [0.2, 0.25) is 0 Å². The van der Waals surface area contributed by atoms with Crippen LogP contribution in [0.25, 0.3) is 10.4 Å². The van der Waals surface area contributed by atoms with Crippen molar-refractivity contribution in [3.63, 3.8) is 0 Å². The third-order valence-corrected chi connectivity index (χ3v) is 2.48. The molecule has 0 fully saturated rings. The topological polar surface area (TPSA) is 115 Å². The number of azide groups is 1. The summed E-state index contributed by atoms with van der Waals surface area (Å²) in [5.74, 6) is 0. The third kappa shape index (κ3) is 4.05. The molecular weight excluding hydrogens is 220 g/mol. The monoisotopic (exact) mass is 236 g/mol. The number of rotatable bonds is 6. The first-order chi connectivity index (χ1) is 8.19. The minimum Gasteiger partial charge on any atom is -0.390 e. The number of aliphatic hydroxyl groups is 2. The Morgan fingerprint density at radius 1 is 1.41 bits per heavy atom. The van der Waals surface area contributed by atoms with Gasteiger partial charge in [-0.3, -0.25) is 0 Å². The predicted molar refractivity (Wildman–Crippen MR) is 63.9 cm³/mol. The first kappa shape index (κ1) is 13.5. The number of hydrogen-bond acceptors (Lipinski definition) is 4. The molecule has 0 spiro atoms. The molecule has 0 radical (unpaired) electrons. The van der Waals surface area contributed by atoms with Gasteiger partial charge >= 0.3 is 0 Å². The average molecular weight is 236 g/mol. The van der Waals surface area contributed by atoms with E-state index in [2.05, 4.69) is 10.0 Å². The second kappa shape index (κ2) is 6.88. The van der Waals surface area contributed by atoms with E-state index >= 15 is 0 Å². The number of aliphatic hydroxyl groups excluding tert-OH is 2. The summed E-state index contributed by atoms with van der Waals surface area (Å²) in [7, 11) is 0. The van der Waals surface area contributed by atoms with Crippen LogP contribution in [-0.4, -0.2) is 22.9 Å². The maximum absolute atomic E-state index is 9.88. The predicted octanol–water partition coefficient (Wildman–Crippen LogP) is 1.24. The normalized spacial score (nSPS) is 13.8. The maximum atomic E-state index is 9.88. The molecule has 0 aromatic heterocycles. The van der Waals surface area contributed by atoms with Gasteiger partial charge in [0.1, 0.15) is 6.10 Å². The summed E-state index contributed by atoms with van der Waals surface area (Å²) < 4.78 is 0. The van der Waals surface area contributed by atoms with Gasteiger partial charge in [-0.25, -0.2) is 0 Å². The van der Waals surface area contributed by atoms with Crippen LogP contribution in [0.5, 0.6) is 0 Å². The van der Waals surface area contributed by atoms with Gasteiger partial charge in [0.15, 0.2) is 0 Å². The van der Waals surface area contributed by atoms with Crippen LogP contribution in [-0.2, 0) is 6.54 Å². The Morgan fingerprint density at radius 3 is 2.82 bits per heavy atom. The molecular formula is C11H16N4O2. The summed E-state index contributed by atoms with van der Waals surface area (Å²) in [5, 5.41) is 22.9. The Balaban J connectivity index is 2.66. The second-order valence-corrected chi connectivity index (χ2v) is 3.70. The molecule has 1 aromatic rings. The van der Waals surface area contributed by atoms with Crippen LogP contribution >= 0.6 is 0 Å². The molecule has 0 amide bonds. The molecule has 0 aliphatic carbocycles. The first-order valence-corrected chi connectivity index (χ1v) is 5.35. The van der Waals surface area contributed by atoms with Crippen molar-refractivity contribution in [2.45, 2.75) is 25.2 Å². The van der Waals surface area contributed by atoms with Crippen LogP contribution in [0.3, 0.4) is 0 Å². The highest BCUT2D eigenvalue weighted by atomic mass is 16.3. The van der Waals surface area contributed by atoms with Crippen molar-refractivity contribution in [3.8, 4) is 0 Å². The fourth-order valence-corrected chi connectivity index (χ4v) is 1.52. The SMILES string of the molecule is [N-]=[N+]=NCCC(O)C(O)c1cccc(CN)c1. The highest BCUT2D eigenvalue weighted by Gasteiger charge is 2.17. The van der Waals surface area contributed by atoms with Gasteiger partial charge in [-0.1, -0.05) is 29.4 Å². The zero-order chi connectivity index (χ0) is 12.7. The molecule has 2 unspecified atom stereocenters. The Hall–Kier alpha value is -1.59. The van der Waals surface area contributed by atoms with Crippen LogP contribution in [0, 0.1) is 0 Å².